The summed E-state index contributed by atoms with van der Waals surface area (Å²) in [5.74, 6) is 0. The Hall–Kier alpha value is -1.61. The van der Waals surface area contributed by atoms with E-state index >= 15 is 0 Å². The van der Waals surface area contributed by atoms with Crippen molar-refractivity contribution in [3.05, 3.63) is 40.2 Å². The molecule has 2 rings (SSSR count). The summed E-state index contributed by atoms with van der Waals surface area (Å²) in [6.45, 7) is 9.21. The van der Waals surface area contributed by atoms with Crippen LogP contribution in [0.4, 0.5) is 0 Å². The van der Waals surface area contributed by atoms with Crippen LogP contribution in [-0.2, 0) is 13.5 Å². The van der Waals surface area contributed by atoms with Gasteiger partial charge in [-0.25, -0.2) is 0 Å². The first-order chi connectivity index (χ1) is 8.95. The molecule has 1 aromatic heterocycles. The third kappa shape index (κ3) is 2.43. The monoisotopic (exact) mass is 257 g/mol. The molecule has 102 valence electrons. The Morgan fingerprint density at radius 2 is 1.63 bits per heavy atom. The van der Waals surface area contributed by atoms with Gasteiger partial charge >= 0.3 is 0 Å². The SMILES string of the molecule is Cc1cc(C)c(-c2c(C)nn(C)c2CCN)c(C)c1. The van der Waals surface area contributed by atoms with Gasteiger partial charge in [0.2, 0.25) is 0 Å². The Labute approximate surface area is 115 Å². The summed E-state index contributed by atoms with van der Waals surface area (Å²) in [7, 11) is 2.00. The third-order valence-electron chi connectivity index (χ3n) is 3.65. The summed E-state index contributed by atoms with van der Waals surface area (Å²) in [6.07, 6.45) is 0.861. The van der Waals surface area contributed by atoms with Crippen LogP contribution >= 0.6 is 0 Å². The van der Waals surface area contributed by atoms with E-state index in [9.17, 15) is 0 Å². The van der Waals surface area contributed by atoms with E-state index in [2.05, 4.69) is 44.9 Å². The van der Waals surface area contributed by atoms with Gasteiger partial charge in [0.15, 0.2) is 0 Å². The van der Waals surface area contributed by atoms with Crippen LogP contribution < -0.4 is 5.73 Å². The zero-order valence-corrected chi connectivity index (χ0v) is 12.5. The molecule has 0 aliphatic carbocycles. The molecule has 0 aliphatic heterocycles. The first-order valence-corrected chi connectivity index (χ1v) is 6.76. The number of benzene rings is 1. The molecule has 2 N–H and O–H groups in total. The number of nitrogens with zero attached hydrogens (tertiary/aromatic N) is 2. The number of hydrogen-bond donors (Lipinski definition) is 1. The van der Waals surface area contributed by atoms with E-state index in [1.165, 1.54) is 33.5 Å². The first-order valence-electron chi connectivity index (χ1n) is 6.76. The Bertz CT molecular complexity index is 586. The normalized spacial score (nSPS) is 11.1. The second kappa shape index (κ2) is 5.17. The zero-order chi connectivity index (χ0) is 14.2. The van der Waals surface area contributed by atoms with Crippen LogP contribution in [0.5, 0.6) is 0 Å². The molecule has 0 saturated carbocycles. The average Bonchev–Trinajstić information content (AvgIpc) is 2.55. The summed E-state index contributed by atoms with van der Waals surface area (Å²) in [4.78, 5) is 0. The molecule has 0 unspecified atom stereocenters. The summed E-state index contributed by atoms with van der Waals surface area (Å²) >= 11 is 0. The lowest BCUT2D eigenvalue weighted by atomic mass is 9.92. The molecular weight excluding hydrogens is 234 g/mol. The minimum absolute atomic E-state index is 0.649. The quantitative estimate of drug-likeness (QED) is 0.919. The Kier molecular flexibility index (Phi) is 3.76. The molecule has 3 nitrogen and oxygen atoms in total. The molecule has 0 radical (unpaired) electrons. The maximum atomic E-state index is 5.74. The molecule has 3 heteroatoms. The van der Waals surface area contributed by atoms with Crippen LogP contribution in [0, 0.1) is 27.7 Å². The maximum absolute atomic E-state index is 5.74. The highest BCUT2D eigenvalue weighted by molar-refractivity contribution is 5.75. The number of aromatic nitrogens is 2. The second-order valence-electron chi connectivity index (χ2n) is 5.34. The standard InChI is InChI=1S/C16H23N3/c1-10-8-11(2)15(12(3)9-10)16-13(4)18-19(5)14(16)6-7-17/h8-9H,6-7,17H2,1-5H3. The van der Waals surface area contributed by atoms with E-state index in [0.717, 1.165) is 12.1 Å². The van der Waals surface area contributed by atoms with Gasteiger partial charge in [-0.3, -0.25) is 4.68 Å². The van der Waals surface area contributed by atoms with Crippen molar-refractivity contribution in [2.45, 2.75) is 34.1 Å². The van der Waals surface area contributed by atoms with Gasteiger partial charge in [0.05, 0.1) is 5.69 Å². The highest BCUT2D eigenvalue weighted by Crippen LogP contribution is 2.33. The van der Waals surface area contributed by atoms with Gasteiger partial charge in [0.1, 0.15) is 0 Å². The molecule has 0 saturated heterocycles. The maximum Gasteiger partial charge on any atom is 0.0675 e. The van der Waals surface area contributed by atoms with Crippen LogP contribution in [0.15, 0.2) is 12.1 Å². The van der Waals surface area contributed by atoms with Crippen LogP contribution in [0.2, 0.25) is 0 Å². The van der Waals surface area contributed by atoms with Crippen molar-refractivity contribution in [3.63, 3.8) is 0 Å². The molecular formula is C16H23N3. The van der Waals surface area contributed by atoms with Crippen molar-refractivity contribution in [1.29, 1.82) is 0 Å². The fourth-order valence-corrected chi connectivity index (χ4v) is 3.03. The number of aryl methyl sites for hydroxylation is 5. The largest absolute Gasteiger partial charge is 0.330 e. The minimum Gasteiger partial charge on any atom is -0.330 e. The van der Waals surface area contributed by atoms with Crippen molar-refractivity contribution in [2.24, 2.45) is 12.8 Å². The van der Waals surface area contributed by atoms with E-state index in [4.69, 9.17) is 5.73 Å². The molecule has 0 aliphatic rings. The lowest BCUT2D eigenvalue weighted by Gasteiger charge is -2.13. The molecule has 1 aromatic carbocycles. The molecule has 2 aromatic rings. The lowest BCUT2D eigenvalue weighted by Crippen LogP contribution is -2.08. The van der Waals surface area contributed by atoms with Gasteiger partial charge in [-0.05, 0) is 50.9 Å². The third-order valence-corrected chi connectivity index (χ3v) is 3.65. The average molecular weight is 257 g/mol. The van der Waals surface area contributed by atoms with Crippen molar-refractivity contribution < 1.29 is 0 Å². The summed E-state index contributed by atoms with van der Waals surface area (Å²) < 4.78 is 1.97. The smallest absolute Gasteiger partial charge is 0.0675 e. The van der Waals surface area contributed by atoms with Gasteiger partial charge in [-0.2, -0.15) is 5.10 Å². The molecule has 0 spiro atoms. The second-order valence-corrected chi connectivity index (χ2v) is 5.34. The topological polar surface area (TPSA) is 43.8 Å². The van der Waals surface area contributed by atoms with E-state index in [1.54, 1.807) is 0 Å². The predicted octanol–water partition coefficient (Wildman–Crippen LogP) is 2.82. The summed E-state index contributed by atoms with van der Waals surface area (Å²) in [5, 5.41) is 4.57. The van der Waals surface area contributed by atoms with E-state index in [1.807, 2.05) is 11.7 Å². The summed E-state index contributed by atoms with van der Waals surface area (Å²) in [6, 6.07) is 4.47. The van der Waals surface area contributed by atoms with Crippen LogP contribution in [0.1, 0.15) is 28.1 Å². The molecule has 1 heterocycles. The molecule has 0 bridgehead atoms. The van der Waals surface area contributed by atoms with Crippen LogP contribution in [0.25, 0.3) is 11.1 Å². The Morgan fingerprint density at radius 3 is 2.16 bits per heavy atom. The fourth-order valence-electron chi connectivity index (χ4n) is 3.03. The van der Waals surface area contributed by atoms with E-state index in [0.29, 0.717) is 6.54 Å². The molecule has 19 heavy (non-hydrogen) atoms. The van der Waals surface area contributed by atoms with Gasteiger partial charge in [-0.15, -0.1) is 0 Å². The zero-order valence-electron chi connectivity index (χ0n) is 12.5. The predicted molar refractivity (Wildman–Crippen MR) is 80.4 cm³/mol. The molecule has 0 atom stereocenters. The van der Waals surface area contributed by atoms with Gasteiger partial charge in [-0.1, -0.05) is 17.7 Å². The first kappa shape index (κ1) is 13.8. The van der Waals surface area contributed by atoms with E-state index < -0.39 is 0 Å². The summed E-state index contributed by atoms with van der Waals surface area (Å²) in [5.41, 5.74) is 14.6. The van der Waals surface area contributed by atoms with Crippen molar-refractivity contribution in [2.75, 3.05) is 6.54 Å². The lowest BCUT2D eigenvalue weighted by molar-refractivity contribution is 0.701. The Balaban J connectivity index is 2.72. The highest BCUT2D eigenvalue weighted by atomic mass is 15.3. The van der Waals surface area contributed by atoms with Gasteiger partial charge < -0.3 is 5.73 Å². The van der Waals surface area contributed by atoms with Crippen molar-refractivity contribution in [1.82, 2.24) is 9.78 Å². The van der Waals surface area contributed by atoms with Crippen LogP contribution in [0.3, 0.4) is 0 Å². The Morgan fingerprint density at radius 1 is 1.05 bits per heavy atom. The molecule has 0 amide bonds. The fraction of sp³-hybridized carbons (Fsp3) is 0.438. The van der Waals surface area contributed by atoms with E-state index in [-0.39, 0.29) is 0 Å². The van der Waals surface area contributed by atoms with Gasteiger partial charge in [0, 0.05) is 24.7 Å². The van der Waals surface area contributed by atoms with Gasteiger partial charge in [0.25, 0.3) is 0 Å². The number of rotatable bonds is 3. The highest BCUT2D eigenvalue weighted by Gasteiger charge is 2.18. The molecule has 0 fully saturated rings. The van der Waals surface area contributed by atoms with Crippen molar-refractivity contribution in [3.8, 4) is 11.1 Å². The minimum atomic E-state index is 0.649. The van der Waals surface area contributed by atoms with Crippen LogP contribution in [-0.4, -0.2) is 16.3 Å². The van der Waals surface area contributed by atoms with Crippen molar-refractivity contribution >= 4 is 0 Å². The number of hydrogen-bond acceptors (Lipinski definition) is 2. The number of nitrogens with two attached hydrogens (primary N) is 1.